The molecule has 0 aliphatic rings. The van der Waals surface area contributed by atoms with Crippen LogP contribution in [0.5, 0.6) is 0 Å². The second-order valence-corrected chi connectivity index (χ2v) is 14.8. The first-order valence-electron chi connectivity index (χ1n) is 20.3. The van der Waals surface area contributed by atoms with E-state index in [0.29, 0.717) is 17.5 Å². The molecule has 10 aromatic rings. The van der Waals surface area contributed by atoms with Gasteiger partial charge in [-0.2, -0.15) is 0 Å². The Labute approximate surface area is 351 Å². The highest BCUT2D eigenvalue weighted by molar-refractivity contribution is 5.88. The van der Waals surface area contributed by atoms with E-state index in [1.165, 1.54) is 33.4 Å². The second-order valence-electron chi connectivity index (χ2n) is 14.8. The topological polar surface area (TPSA) is 38.7 Å². The van der Waals surface area contributed by atoms with E-state index in [1.54, 1.807) is 0 Å². The summed E-state index contributed by atoms with van der Waals surface area (Å²) in [6.45, 7) is 0. The lowest BCUT2D eigenvalue weighted by atomic mass is 9.93. The van der Waals surface area contributed by atoms with Crippen molar-refractivity contribution < 1.29 is 0 Å². The maximum atomic E-state index is 5.24. The van der Waals surface area contributed by atoms with Crippen LogP contribution in [0.3, 0.4) is 0 Å². The molecule has 282 valence electrons. The maximum absolute atomic E-state index is 5.24. The van der Waals surface area contributed by atoms with Gasteiger partial charge in [0.05, 0.1) is 0 Å². The zero-order valence-electron chi connectivity index (χ0n) is 32.9. The summed E-state index contributed by atoms with van der Waals surface area (Å²) in [5.74, 6) is 1.83. The highest BCUT2D eigenvalue weighted by atomic mass is 15.0. The van der Waals surface area contributed by atoms with Crippen LogP contribution in [0.2, 0.25) is 0 Å². The molecule has 0 saturated heterocycles. The molecule has 10 rings (SSSR count). The Morgan fingerprint density at radius 1 is 0.167 bits per heavy atom. The molecule has 0 spiro atoms. The molecule has 0 amide bonds. The molecule has 0 aliphatic heterocycles. The molecule has 60 heavy (non-hydrogen) atoms. The number of hydrogen-bond acceptors (Lipinski definition) is 3. The summed E-state index contributed by atoms with van der Waals surface area (Å²) in [4.78, 5) is 15.7. The highest BCUT2D eigenvalue weighted by Gasteiger charge is 2.17. The third-order valence-corrected chi connectivity index (χ3v) is 11.0. The zero-order valence-corrected chi connectivity index (χ0v) is 32.9. The van der Waals surface area contributed by atoms with E-state index in [1.807, 2.05) is 0 Å². The largest absolute Gasteiger partial charge is 0.208 e. The molecule has 0 bridgehead atoms. The van der Waals surface area contributed by atoms with E-state index >= 15 is 0 Å². The Hall–Kier alpha value is -8.01. The Morgan fingerprint density at radius 2 is 0.367 bits per heavy atom. The van der Waals surface area contributed by atoms with Crippen LogP contribution in [-0.4, -0.2) is 15.0 Å². The number of nitrogens with zero attached hydrogens (tertiary/aromatic N) is 3. The molecule has 9 aromatic carbocycles. The molecule has 1 heterocycles. The van der Waals surface area contributed by atoms with Crippen molar-refractivity contribution >= 4 is 0 Å². The van der Waals surface area contributed by atoms with E-state index in [0.717, 1.165) is 50.1 Å². The quantitative estimate of drug-likeness (QED) is 0.147. The van der Waals surface area contributed by atoms with Gasteiger partial charge >= 0.3 is 0 Å². The van der Waals surface area contributed by atoms with E-state index in [9.17, 15) is 0 Å². The minimum Gasteiger partial charge on any atom is -0.208 e. The predicted molar refractivity (Wildman–Crippen MR) is 249 cm³/mol. The van der Waals surface area contributed by atoms with Gasteiger partial charge in [0.2, 0.25) is 0 Å². The van der Waals surface area contributed by atoms with Crippen molar-refractivity contribution in [2.75, 3.05) is 0 Å². The molecular weight excluding hydrogens is 727 g/mol. The SMILES string of the molecule is c1ccc(-c2ccccc2-c2cccc(-c3nc(-c4cccc(-c5ccccc5-c5ccccc5)c4)nc(-c4cccc(-c5ccccc5-c5ccccc5)c4)n3)c2)cc1. The number of benzene rings is 9. The zero-order chi connectivity index (χ0) is 40.1. The van der Waals surface area contributed by atoms with Crippen LogP contribution in [-0.2, 0) is 0 Å². The van der Waals surface area contributed by atoms with Gasteiger partial charge in [0, 0.05) is 16.7 Å². The first-order valence-corrected chi connectivity index (χ1v) is 20.3. The lowest BCUT2D eigenvalue weighted by Gasteiger charge is -2.14. The van der Waals surface area contributed by atoms with E-state index < -0.39 is 0 Å². The van der Waals surface area contributed by atoms with Crippen LogP contribution in [0.4, 0.5) is 0 Å². The Morgan fingerprint density at radius 3 is 0.633 bits per heavy atom. The number of hydrogen-bond donors (Lipinski definition) is 0. The summed E-state index contributed by atoms with van der Waals surface area (Å²) in [5, 5.41) is 0. The third kappa shape index (κ3) is 7.44. The highest BCUT2D eigenvalue weighted by Crippen LogP contribution is 2.38. The van der Waals surface area contributed by atoms with Gasteiger partial charge in [0.25, 0.3) is 0 Å². The standard InChI is InChI=1S/C57H39N3/c1-4-19-40(20-5-1)49-31-10-13-34-52(49)43-25-16-28-46(37-43)55-58-56(47-29-17-26-44(38-47)53-35-14-11-32-50(53)41-21-6-2-7-22-41)60-57(59-55)48-30-18-27-45(39-48)54-36-15-12-33-51(54)42-23-8-3-9-24-42/h1-39H. The van der Waals surface area contributed by atoms with Crippen molar-refractivity contribution in [2.24, 2.45) is 0 Å². The van der Waals surface area contributed by atoms with Crippen molar-refractivity contribution in [2.45, 2.75) is 0 Å². The number of aromatic nitrogens is 3. The Bertz CT molecular complexity index is 2740. The molecule has 0 radical (unpaired) electrons. The fraction of sp³-hybridized carbons (Fsp3) is 0. The van der Waals surface area contributed by atoms with Gasteiger partial charge < -0.3 is 0 Å². The van der Waals surface area contributed by atoms with Gasteiger partial charge in [-0.1, -0.05) is 218 Å². The summed E-state index contributed by atoms with van der Waals surface area (Å²) in [6.07, 6.45) is 0. The lowest BCUT2D eigenvalue weighted by Crippen LogP contribution is -2.01. The van der Waals surface area contributed by atoms with Crippen molar-refractivity contribution in [3.05, 3.63) is 237 Å². The minimum absolute atomic E-state index is 0.610. The summed E-state index contributed by atoms with van der Waals surface area (Å²) >= 11 is 0. The average Bonchev–Trinajstić information content (AvgIpc) is 3.35. The van der Waals surface area contributed by atoms with E-state index in [2.05, 4.69) is 237 Å². The van der Waals surface area contributed by atoms with Crippen LogP contribution >= 0.6 is 0 Å². The second kappa shape index (κ2) is 16.5. The van der Waals surface area contributed by atoms with Crippen LogP contribution < -0.4 is 0 Å². The minimum atomic E-state index is 0.610. The lowest BCUT2D eigenvalue weighted by molar-refractivity contribution is 1.07. The molecule has 0 fully saturated rings. The smallest absolute Gasteiger partial charge is 0.164 e. The van der Waals surface area contributed by atoms with Crippen LogP contribution in [0.15, 0.2) is 237 Å². The van der Waals surface area contributed by atoms with Crippen molar-refractivity contribution in [3.63, 3.8) is 0 Å². The fourth-order valence-electron chi connectivity index (χ4n) is 8.05. The van der Waals surface area contributed by atoms with Gasteiger partial charge in [-0.15, -0.1) is 0 Å². The van der Waals surface area contributed by atoms with E-state index in [-0.39, 0.29) is 0 Å². The van der Waals surface area contributed by atoms with Gasteiger partial charge in [-0.3, -0.25) is 0 Å². The maximum Gasteiger partial charge on any atom is 0.164 e. The van der Waals surface area contributed by atoms with Crippen LogP contribution in [0.25, 0.3) is 101 Å². The van der Waals surface area contributed by atoms with Gasteiger partial charge in [0.15, 0.2) is 17.5 Å². The molecule has 0 aliphatic carbocycles. The third-order valence-electron chi connectivity index (χ3n) is 11.0. The summed E-state index contributed by atoms with van der Waals surface area (Å²) in [6, 6.07) is 82.9. The summed E-state index contributed by atoms with van der Waals surface area (Å²) in [5.41, 5.74) is 16.5. The molecule has 0 N–H and O–H groups in total. The molecule has 0 atom stereocenters. The first kappa shape index (κ1) is 36.3. The van der Waals surface area contributed by atoms with Gasteiger partial charge in [-0.05, 0) is 85.0 Å². The molecule has 0 saturated carbocycles. The van der Waals surface area contributed by atoms with Crippen LogP contribution in [0, 0.1) is 0 Å². The average molecular weight is 766 g/mol. The van der Waals surface area contributed by atoms with Crippen molar-refractivity contribution in [3.8, 4) is 101 Å². The molecule has 0 unspecified atom stereocenters. The predicted octanol–water partition coefficient (Wildman–Crippen LogP) is 14.9. The molecular formula is C57H39N3. The van der Waals surface area contributed by atoms with E-state index in [4.69, 9.17) is 15.0 Å². The van der Waals surface area contributed by atoms with Gasteiger partial charge in [0.1, 0.15) is 0 Å². The molecule has 3 heteroatoms. The van der Waals surface area contributed by atoms with Crippen molar-refractivity contribution in [1.82, 2.24) is 15.0 Å². The summed E-state index contributed by atoms with van der Waals surface area (Å²) in [7, 11) is 0. The Kier molecular flexibility index (Phi) is 9.97. The number of rotatable bonds is 9. The van der Waals surface area contributed by atoms with Gasteiger partial charge in [-0.25, -0.2) is 15.0 Å². The van der Waals surface area contributed by atoms with Crippen molar-refractivity contribution in [1.29, 1.82) is 0 Å². The normalized spacial score (nSPS) is 11.0. The first-order chi connectivity index (χ1) is 29.7. The monoisotopic (exact) mass is 765 g/mol. The summed E-state index contributed by atoms with van der Waals surface area (Å²) < 4.78 is 0. The Balaban J connectivity index is 1.12. The molecule has 1 aromatic heterocycles. The van der Waals surface area contributed by atoms with Crippen LogP contribution in [0.1, 0.15) is 0 Å². The molecule has 3 nitrogen and oxygen atoms in total. The fourth-order valence-corrected chi connectivity index (χ4v) is 8.05.